The number of fused-ring (bicyclic) bond motifs is 2. The van der Waals surface area contributed by atoms with Crippen molar-refractivity contribution < 1.29 is 14.3 Å². The van der Waals surface area contributed by atoms with Gasteiger partial charge in [0.25, 0.3) is 0 Å². The Balaban J connectivity index is 2.05. The number of carbonyl (C=O) groups is 1. The highest BCUT2D eigenvalue weighted by molar-refractivity contribution is 7.13. The second-order valence-corrected chi connectivity index (χ2v) is 5.62. The van der Waals surface area contributed by atoms with Crippen molar-refractivity contribution in [3.8, 4) is 11.3 Å². The van der Waals surface area contributed by atoms with Crippen molar-refractivity contribution in [2.75, 3.05) is 0 Å². The molecule has 4 rings (SSSR count). The first kappa shape index (κ1) is 12.9. The van der Waals surface area contributed by atoms with Gasteiger partial charge in [0.05, 0.1) is 10.4 Å². The molecule has 0 atom stereocenters. The molecule has 7 heteroatoms. The number of carboxylic acid groups (broad SMARTS) is 1. The van der Waals surface area contributed by atoms with Crippen LogP contribution in [-0.4, -0.2) is 25.4 Å². The summed E-state index contributed by atoms with van der Waals surface area (Å²) in [4.78, 5) is 20.0. The highest BCUT2D eigenvalue weighted by Crippen LogP contribution is 2.32. The number of hydrogen-bond acceptors (Lipinski definition) is 6. The number of carboxylic acids is 1. The summed E-state index contributed by atoms with van der Waals surface area (Å²) in [6, 6.07) is 7.48. The molecule has 4 aromatic rings. The Morgan fingerprint density at radius 2 is 2.18 bits per heavy atom. The van der Waals surface area contributed by atoms with E-state index in [0.717, 1.165) is 27.4 Å². The maximum absolute atomic E-state index is 11.3. The summed E-state index contributed by atoms with van der Waals surface area (Å²) < 4.78 is 10.1. The molecule has 22 heavy (non-hydrogen) atoms. The number of nitrogens with zero attached hydrogens (tertiary/aromatic N) is 3. The minimum atomic E-state index is -1.07. The first-order valence-electron chi connectivity index (χ1n) is 6.48. The SMILES string of the molecule is Cc1cc(-c2cccc3ocnc23)nc2c(C(=O)O)nsc12. The Hall–Kier alpha value is -2.80. The van der Waals surface area contributed by atoms with Gasteiger partial charge in [0, 0.05) is 5.56 Å². The fourth-order valence-electron chi connectivity index (χ4n) is 2.44. The summed E-state index contributed by atoms with van der Waals surface area (Å²) >= 11 is 1.15. The zero-order chi connectivity index (χ0) is 15.3. The van der Waals surface area contributed by atoms with Crippen molar-refractivity contribution in [2.45, 2.75) is 6.92 Å². The molecule has 0 spiro atoms. The second-order valence-electron chi connectivity index (χ2n) is 4.84. The zero-order valence-corrected chi connectivity index (χ0v) is 12.2. The van der Waals surface area contributed by atoms with Gasteiger partial charge in [-0.25, -0.2) is 14.8 Å². The Bertz CT molecular complexity index is 1040. The van der Waals surface area contributed by atoms with E-state index in [1.54, 1.807) is 0 Å². The van der Waals surface area contributed by atoms with E-state index in [9.17, 15) is 9.90 Å². The summed E-state index contributed by atoms with van der Waals surface area (Å²) in [5.41, 5.74) is 4.16. The Labute approximate surface area is 128 Å². The van der Waals surface area contributed by atoms with E-state index < -0.39 is 5.97 Å². The molecule has 1 N–H and O–H groups in total. The Kier molecular flexibility index (Phi) is 2.70. The minimum Gasteiger partial charge on any atom is -0.476 e. The third-order valence-corrected chi connectivity index (χ3v) is 4.42. The van der Waals surface area contributed by atoms with Gasteiger partial charge in [-0.1, -0.05) is 12.1 Å². The van der Waals surface area contributed by atoms with Crippen LogP contribution in [-0.2, 0) is 0 Å². The number of pyridine rings is 1. The van der Waals surface area contributed by atoms with Crippen molar-refractivity contribution in [1.82, 2.24) is 14.3 Å². The summed E-state index contributed by atoms with van der Waals surface area (Å²) in [5, 5.41) is 9.24. The quantitative estimate of drug-likeness (QED) is 0.609. The lowest BCUT2D eigenvalue weighted by atomic mass is 10.1. The van der Waals surface area contributed by atoms with Crippen LogP contribution in [0.5, 0.6) is 0 Å². The van der Waals surface area contributed by atoms with Gasteiger partial charge < -0.3 is 9.52 Å². The molecule has 0 saturated carbocycles. The van der Waals surface area contributed by atoms with Crippen molar-refractivity contribution in [3.63, 3.8) is 0 Å². The molecule has 0 aliphatic carbocycles. The van der Waals surface area contributed by atoms with Gasteiger partial charge >= 0.3 is 5.97 Å². The van der Waals surface area contributed by atoms with Gasteiger partial charge in [-0.3, -0.25) is 0 Å². The third kappa shape index (κ3) is 1.79. The van der Waals surface area contributed by atoms with Crippen molar-refractivity contribution in [2.24, 2.45) is 0 Å². The lowest BCUT2D eigenvalue weighted by Gasteiger charge is -2.04. The maximum Gasteiger partial charge on any atom is 0.357 e. The van der Waals surface area contributed by atoms with Crippen molar-refractivity contribution in [3.05, 3.63) is 41.9 Å². The van der Waals surface area contributed by atoms with E-state index in [4.69, 9.17) is 4.42 Å². The molecule has 0 saturated heterocycles. The predicted octanol–water partition coefficient (Wildman–Crippen LogP) is 3.51. The number of benzene rings is 1. The first-order valence-corrected chi connectivity index (χ1v) is 7.25. The Morgan fingerprint density at radius 3 is 3.00 bits per heavy atom. The molecule has 3 heterocycles. The molecule has 0 amide bonds. The third-order valence-electron chi connectivity index (χ3n) is 3.45. The molecule has 6 nitrogen and oxygen atoms in total. The lowest BCUT2D eigenvalue weighted by molar-refractivity contribution is 0.0694. The predicted molar refractivity (Wildman–Crippen MR) is 82.1 cm³/mol. The number of oxazole rings is 1. The van der Waals surface area contributed by atoms with Crippen LogP contribution in [0.15, 0.2) is 35.1 Å². The van der Waals surface area contributed by atoms with E-state index in [-0.39, 0.29) is 5.69 Å². The zero-order valence-electron chi connectivity index (χ0n) is 11.4. The fourth-order valence-corrected chi connectivity index (χ4v) is 3.22. The van der Waals surface area contributed by atoms with Crippen LogP contribution < -0.4 is 0 Å². The molecule has 1 aromatic carbocycles. The van der Waals surface area contributed by atoms with E-state index in [1.807, 2.05) is 31.2 Å². The number of aryl methyl sites for hydroxylation is 1. The average molecular weight is 311 g/mol. The molecule has 3 aromatic heterocycles. The molecule has 0 bridgehead atoms. The second kappa shape index (κ2) is 4.60. The minimum absolute atomic E-state index is 0.0164. The highest BCUT2D eigenvalue weighted by Gasteiger charge is 2.18. The van der Waals surface area contributed by atoms with Gasteiger partial charge in [0.1, 0.15) is 11.0 Å². The van der Waals surface area contributed by atoms with Crippen LogP contribution in [0.2, 0.25) is 0 Å². The van der Waals surface area contributed by atoms with Crippen LogP contribution in [0, 0.1) is 6.92 Å². The standard InChI is InChI=1S/C15H9N3O3S/c1-7-5-9(8-3-2-4-10-11(8)16-6-21-10)17-12-13(15(19)20)18-22-14(7)12/h2-6H,1H3,(H,19,20). The number of para-hydroxylation sites is 1. The van der Waals surface area contributed by atoms with E-state index in [2.05, 4.69) is 14.3 Å². The van der Waals surface area contributed by atoms with Gasteiger partial charge in [-0.2, -0.15) is 4.37 Å². The monoisotopic (exact) mass is 311 g/mol. The van der Waals surface area contributed by atoms with Crippen LogP contribution in [0.4, 0.5) is 0 Å². The van der Waals surface area contributed by atoms with Gasteiger partial charge in [0.15, 0.2) is 17.7 Å². The lowest BCUT2D eigenvalue weighted by Crippen LogP contribution is -1.98. The molecule has 0 radical (unpaired) electrons. The van der Waals surface area contributed by atoms with E-state index in [1.165, 1.54) is 6.39 Å². The molecule has 108 valence electrons. The van der Waals surface area contributed by atoms with Gasteiger partial charge in [0.2, 0.25) is 0 Å². The average Bonchev–Trinajstić information content (AvgIpc) is 3.13. The normalized spacial score (nSPS) is 11.3. The van der Waals surface area contributed by atoms with E-state index in [0.29, 0.717) is 22.3 Å². The van der Waals surface area contributed by atoms with Gasteiger partial charge in [-0.15, -0.1) is 0 Å². The number of aromatic nitrogens is 3. The summed E-state index contributed by atoms with van der Waals surface area (Å²) in [7, 11) is 0. The van der Waals surface area contributed by atoms with Crippen molar-refractivity contribution in [1.29, 1.82) is 0 Å². The molecular formula is C15H9N3O3S. The summed E-state index contributed by atoms with van der Waals surface area (Å²) in [6.45, 7) is 1.92. The van der Waals surface area contributed by atoms with Crippen LogP contribution in [0.3, 0.4) is 0 Å². The van der Waals surface area contributed by atoms with Gasteiger partial charge in [-0.05, 0) is 36.2 Å². The topological polar surface area (TPSA) is 89.1 Å². The first-order chi connectivity index (χ1) is 10.6. The summed E-state index contributed by atoms with van der Waals surface area (Å²) in [5.74, 6) is -1.07. The molecule has 0 fully saturated rings. The fraction of sp³-hybridized carbons (Fsp3) is 0.0667. The van der Waals surface area contributed by atoms with Crippen LogP contribution in [0.25, 0.3) is 32.6 Å². The van der Waals surface area contributed by atoms with Crippen LogP contribution in [0.1, 0.15) is 16.1 Å². The highest BCUT2D eigenvalue weighted by atomic mass is 32.1. The number of hydrogen-bond donors (Lipinski definition) is 1. The number of aromatic carboxylic acids is 1. The largest absolute Gasteiger partial charge is 0.476 e. The molecular weight excluding hydrogens is 302 g/mol. The molecule has 0 aliphatic heterocycles. The smallest absolute Gasteiger partial charge is 0.357 e. The maximum atomic E-state index is 11.3. The van der Waals surface area contributed by atoms with E-state index >= 15 is 0 Å². The summed E-state index contributed by atoms with van der Waals surface area (Å²) in [6.07, 6.45) is 1.38. The number of rotatable bonds is 2. The molecule has 0 aliphatic rings. The Morgan fingerprint density at radius 1 is 1.32 bits per heavy atom. The molecule has 0 unspecified atom stereocenters. The van der Waals surface area contributed by atoms with Crippen LogP contribution >= 0.6 is 11.5 Å². The van der Waals surface area contributed by atoms with Crippen molar-refractivity contribution >= 4 is 38.8 Å².